The SMILES string of the molecule is CC1=C(C#N)C(c2ccc3[nH][nH]c(=O)c3c2)C(C#N)=C(C)N1. The first kappa shape index (κ1) is 13.7. The molecule has 1 aromatic heterocycles. The fourth-order valence-electron chi connectivity index (χ4n) is 2.85. The molecule has 0 saturated heterocycles. The highest BCUT2D eigenvalue weighted by atomic mass is 16.1. The van der Waals surface area contributed by atoms with Gasteiger partial charge in [0.05, 0.1) is 40.1 Å². The summed E-state index contributed by atoms with van der Waals surface area (Å²) in [7, 11) is 0. The molecule has 0 amide bonds. The van der Waals surface area contributed by atoms with E-state index in [1.165, 1.54) is 0 Å². The van der Waals surface area contributed by atoms with E-state index in [2.05, 4.69) is 27.7 Å². The Balaban J connectivity index is 2.27. The molecule has 22 heavy (non-hydrogen) atoms. The maximum atomic E-state index is 11.8. The van der Waals surface area contributed by atoms with Crippen LogP contribution in [0.1, 0.15) is 25.3 Å². The van der Waals surface area contributed by atoms with Crippen LogP contribution in [-0.4, -0.2) is 10.2 Å². The molecule has 0 saturated carbocycles. The molecule has 1 aliphatic rings. The van der Waals surface area contributed by atoms with Crippen molar-refractivity contribution in [1.29, 1.82) is 10.5 Å². The Morgan fingerprint density at radius 3 is 2.27 bits per heavy atom. The molecule has 6 nitrogen and oxygen atoms in total. The lowest BCUT2D eigenvalue weighted by Crippen LogP contribution is -2.23. The van der Waals surface area contributed by atoms with Crippen LogP contribution in [0.4, 0.5) is 0 Å². The molecule has 108 valence electrons. The number of nitrogens with one attached hydrogen (secondary N) is 3. The van der Waals surface area contributed by atoms with Crippen LogP contribution in [0.25, 0.3) is 10.9 Å². The third kappa shape index (κ3) is 1.90. The number of nitrogens with zero attached hydrogens (tertiary/aromatic N) is 2. The Hall–Kier alpha value is -3.25. The van der Waals surface area contributed by atoms with E-state index in [0.29, 0.717) is 22.0 Å². The number of dihydropyridines is 1. The van der Waals surface area contributed by atoms with Crippen LogP contribution >= 0.6 is 0 Å². The van der Waals surface area contributed by atoms with Crippen LogP contribution in [0.2, 0.25) is 0 Å². The van der Waals surface area contributed by atoms with Crippen molar-refractivity contribution in [3.8, 4) is 12.1 Å². The molecule has 6 heteroatoms. The van der Waals surface area contributed by atoms with E-state index in [0.717, 1.165) is 17.0 Å². The number of hydrogen-bond donors (Lipinski definition) is 3. The van der Waals surface area contributed by atoms with Crippen molar-refractivity contribution in [2.75, 3.05) is 0 Å². The average molecular weight is 291 g/mol. The Bertz CT molecular complexity index is 938. The molecule has 0 fully saturated rings. The first-order chi connectivity index (χ1) is 10.6. The van der Waals surface area contributed by atoms with E-state index in [9.17, 15) is 15.3 Å². The summed E-state index contributed by atoms with van der Waals surface area (Å²) in [5.74, 6) is -0.449. The summed E-state index contributed by atoms with van der Waals surface area (Å²) in [4.78, 5) is 11.8. The molecule has 0 radical (unpaired) electrons. The second-order valence-electron chi connectivity index (χ2n) is 5.24. The van der Waals surface area contributed by atoms with Gasteiger partial charge in [0.15, 0.2) is 0 Å². The zero-order valence-electron chi connectivity index (χ0n) is 12.1. The summed E-state index contributed by atoms with van der Waals surface area (Å²) in [5, 5.41) is 27.8. The number of H-pyrrole nitrogens is 2. The van der Waals surface area contributed by atoms with Gasteiger partial charge in [-0.2, -0.15) is 10.5 Å². The van der Waals surface area contributed by atoms with Gasteiger partial charge in [0, 0.05) is 11.4 Å². The van der Waals surface area contributed by atoms with Crippen molar-refractivity contribution in [1.82, 2.24) is 15.5 Å². The largest absolute Gasteiger partial charge is 0.361 e. The van der Waals surface area contributed by atoms with Gasteiger partial charge in [0.1, 0.15) is 0 Å². The zero-order chi connectivity index (χ0) is 15.9. The Morgan fingerprint density at radius 1 is 1.05 bits per heavy atom. The summed E-state index contributed by atoms with van der Waals surface area (Å²) >= 11 is 0. The predicted octanol–water partition coefficient (Wildman–Crippen LogP) is 2.14. The van der Waals surface area contributed by atoms with Gasteiger partial charge in [-0.15, -0.1) is 0 Å². The number of rotatable bonds is 1. The van der Waals surface area contributed by atoms with Gasteiger partial charge in [-0.3, -0.25) is 15.0 Å². The van der Waals surface area contributed by atoms with E-state index in [1.807, 2.05) is 19.9 Å². The second-order valence-corrected chi connectivity index (χ2v) is 5.24. The van der Waals surface area contributed by atoms with E-state index in [-0.39, 0.29) is 5.56 Å². The van der Waals surface area contributed by atoms with E-state index >= 15 is 0 Å². The minimum atomic E-state index is -0.449. The number of nitriles is 2. The lowest BCUT2D eigenvalue weighted by atomic mass is 9.81. The molecule has 3 N–H and O–H groups in total. The minimum absolute atomic E-state index is 0.218. The number of aromatic nitrogens is 2. The van der Waals surface area contributed by atoms with Crippen LogP contribution in [0.5, 0.6) is 0 Å². The van der Waals surface area contributed by atoms with Crippen molar-refractivity contribution in [3.63, 3.8) is 0 Å². The molecular formula is C16H13N5O. The monoisotopic (exact) mass is 291 g/mol. The average Bonchev–Trinajstić information content (AvgIpc) is 2.87. The van der Waals surface area contributed by atoms with Gasteiger partial charge < -0.3 is 5.32 Å². The summed E-state index contributed by atoms with van der Waals surface area (Å²) in [5.41, 5.74) is 3.68. The lowest BCUT2D eigenvalue weighted by molar-refractivity contribution is 0.815. The minimum Gasteiger partial charge on any atom is -0.361 e. The standard InChI is InChI=1S/C16H13N5O/c1-8-12(6-17)15(13(7-18)9(2)19-8)10-3-4-14-11(5-10)16(22)21-20-14/h3-5,15,19H,1-2H3,(H2,20,21,22). The smallest absolute Gasteiger partial charge is 0.271 e. The van der Waals surface area contributed by atoms with Crippen molar-refractivity contribution < 1.29 is 0 Å². The van der Waals surface area contributed by atoms with Crippen LogP contribution in [0.15, 0.2) is 45.5 Å². The summed E-state index contributed by atoms with van der Waals surface area (Å²) in [6.07, 6.45) is 0. The molecule has 2 heterocycles. The highest BCUT2D eigenvalue weighted by molar-refractivity contribution is 5.79. The third-order valence-corrected chi connectivity index (χ3v) is 3.93. The van der Waals surface area contributed by atoms with Crippen molar-refractivity contribution in [2.45, 2.75) is 19.8 Å². The first-order valence-corrected chi connectivity index (χ1v) is 6.76. The zero-order valence-corrected chi connectivity index (χ0v) is 12.1. The molecule has 3 rings (SSSR count). The van der Waals surface area contributed by atoms with Crippen LogP contribution in [0.3, 0.4) is 0 Å². The van der Waals surface area contributed by atoms with E-state index < -0.39 is 5.92 Å². The molecule has 0 bridgehead atoms. The first-order valence-electron chi connectivity index (χ1n) is 6.76. The highest BCUT2D eigenvalue weighted by Crippen LogP contribution is 2.37. The van der Waals surface area contributed by atoms with Gasteiger partial charge in [0.25, 0.3) is 5.56 Å². The topological polar surface area (TPSA) is 108 Å². The van der Waals surface area contributed by atoms with Crippen LogP contribution in [-0.2, 0) is 0 Å². The number of benzene rings is 1. The molecule has 0 atom stereocenters. The Kier molecular flexibility index (Phi) is 3.08. The molecular weight excluding hydrogens is 278 g/mol. The number of allylic oxidation sites excluding steroid dienone is 4. The maximum Gasteiger partial charge on any atom is 0.271 e. The molecule has 0 spiro atoms. The fraction of sp³-hybridized carbons (Fsp3) is 0.188. The Labute approximate surface area is 126 Å². The van der Waals surface area contributed by atoms with Gasteiger partial charge >= 0.3 is 0 Å². The van der Waals surface area contributed by atoms with E-state index in [4.69, 9.17) is 0 Å². The van der Waals surface area contributed by atoms with Crippen LogP contribution in [0, 0.1) is 22.7 Å². The van der Waals surface area contributed by atoms with Gasteiger partial charge in [0.2, 0.25) is 0 Å². The summed E-state index contributed by atoms with van der Waals surface area (Å²) in [6.45, 7) is 3.62. The molecule has 1 aromatic carbocycles. The summed E-state index contributed by atoms with van der Waals surface area (Å²) in [6, 6.07) is 9.70. The number of hydrogen-bond acceptors (Lipinski definition) is 4. The molecule has 0 unspecified atom stereocenters. The maximum absolute atomic E-state index is 11.8. The lowest BCUT2D eigenvalue weighted by Gasteiger charge is -2.26. The number of fused-ring (bicyclic) bond motifs is 1. The van der Waals surface area contributed by atoms with Crippen LogP contribution < -0.4 is 10.9 Å². The quantitative estimate of drug-likeness (QED) is 0.747. The fourth-order valence-corrected chi connectivity index (χ4v) is 2.85. The molecule has 1 aliphatic heterocycles. The van der Waals surface area contributed by atoms with Gasteiger partial charge in [-0.1, -0.05) is 6.07 Å². The summed E-state index contributed by atoms with van der Waals surface area (Å²) < 4.78 is 0. The molecule has 2 aromatic rings. The highest BCUT2D eigenvalue weighted by Gasteiger charge is 2.29. The third-order valence-electron chi connectivity index (χ3n) is 3.93. The van der Waals surface area contributed by atoms with Crippen molar-refractivity contribution in [3.05, 3.63) is 56.7 Å². The number of aromatic amines is 2. The van der Waals surface area contributed by atoms with Gasteiger partial charge in [-0.05, 0) is 31.5 Å². The predicted molar refractivity (Wildman–Crippen MR) is 81.4 cm³/mol. The van der Waals surface area contributed by atoms with Gasteiger partial charge in [-0.25, -0.2) is 0 Å². The molecule has 0 aliphatic carbocycles. The normalized spacial score (nSPS) is 15.6. The van der Waals surface area contributed by atoms with E-state index in [1.54, 1.807) is 12.1 Å². The van der Waals surface area contributed by atoms with Crippen molar-refractivity contribution >= 4 is 10.9 Å². The Morgan fingerprint density at radius 2 is 1.68 bits per heavy atom. The second kappa shape index (κ2) is 4.94. The van der Waals surface area contributed by atoms with Crippen molar-refractivity contribution in [2.24, 2.45) is 0 Å².